The zero-order valence-electron chi connectivity index (χ0n) is 9.27. The number of halogens is 1. The van der Waals surface area contributed by atoms with Gasteiger partial charge in [-0.05, 0) is 31.4 Å². The Hall–Kier alpha value is -1.14. The van der Waals surface area contributed by atoms with E-state index in [9.17, 15) is 0 Å². The predicted octanol–water partition coefficient (Wildman–Crippen LogP) is 1.11. The molecule has 1 atom stereocenters. The molecule has 0 bridgehead atoms. The Morgan fingerprint density at radius 2 is 2.19 bits per heavy atom. The van der Waals surface area contributed by atoms with Gasteiger partial charge in [-0.15, -0.1) is 0 Å². The van der Waals surface area contributed by atoms with Gasteiger partial charge in [-0.1, -0.05) is 0 Å². The smallest absolute Gasteiger partial charge is 0.322 e. The van der Waals surface area contributed by atoms with Crippen LogP contribution in [0.4, 0.5) is 5.95 Å². The number of ether oxygens (including phenoxy) is 1. The first-order chi connectivity index (χ1) is 7.61. The summed E-state index contributed by atoms with van der Waals surface area (Å²) in [7, 11) is 1.46. The number of aliphatic hydroxyl groups is 1. The van der Waals surface area contributed by atoms with Crippen LogP contribution in [-0.4, -0.2) is 39.8 Å². The van der Waals surface area contributed by atoms with Crippen molar-refractivity contribution in [1.82, 2.24) is 15.0 Å². The maximum Gasteiger partial charge on any atom is 0.322 e. The molecule has 0 aliphatic heterocycles. The summed E-state index contributed by atoms with van der Waals surface area (Å²) in [5, 5.41) is 12.1. The van der Waals surface area contributed by atoms with Crippen LogP contribution in [0, 0.1) is 0 Å². The lowest BCUT2D eigenvalue weighted by atomic mass is 10.2. The average Bonchev–Trinajstić information content (AvgIpc) is 2.23. The molecule has 1 aromatic rings. The second-order valence-corrected chi connectivity index (χ2v) is 3.67. The lowest BCUT2D eigenvalue weighted by molar-refractivity contribution is 0.183. The topological polar surface area (TPSA) is 80.2 Å². The summed E-state index contributed by atoms with van der Waals surface area (Å²) in [6.45, 7) is 2.41. The Bertz CT molecular complexity index is 335. The van der Waals surface area contributed by atoms with Crippen LogP contribution in [0.15, 0.2) is 0 Å². The van der Waals surface area contributed by atoms with Crippen LogP contribution in [0.5, 0.6) is 6.01 Å². The second kappa shape index (κ2) is 6.44. The molecule has 0 saturated carbocycles. The van der Waals surface area contributed by atoms with Gasteiger partial charge in [0.2, 0.25) is 11.2 Å². The summed E-state index contributed by atoms with van der Waals surface area (Å²) < 4.78 is 4.85. The molecule has 0 amide bonds. The van der Waals surface area contributed by atoms with E-state index >= 15 is 0 Å². The van der Waals surface area contributed by atoms with Gasteiger partial charge in [0, 0.05) is 6.54 Å². The third-order valence-corrected chi connectivity index (χ3v) is 2.02. The van der Waals surface area contributed by atoms with Gasteiger partial charge in [0.25, 0.3) is 0 Å². The molecule has 0 saturated heterocycles. The van der Waals surface area contributed by atoms with E-state index in [1.165, 1.54) is 7.11 Å². The number of hydrogen-bond donors (Lipinski definition) is 2. The van der Waals surface area contributed by atoms with Crippen LogP contribution in [-0.2, 0) is 0 Å². The summed E-state index contributed by atoms with van der Waals surface area (Å²) in [6.07, 6.45) is 1.25. The van der Waals surface area contributed by atoms with Crippen molar-refractivity contribution < 1.29 is 9.84 Å². The molecule has 1 rings (SSSR count). The quantitative estimate of drug-likeness (QED) is 0.732. The van der Waals surface area contributed by atoms with E-state index < -0.39 is 0 Å². The molecule has 1 aromatic heterocycles. The third kappa shape index (κ3) is 4.59. The number of anilines is 1. The lowest BCUT2D eigenvalue weighted by Crippen LogP contribution is -2.09. The molecule has 0 aliphatic carbocycles. The zero-order chi connectivity index (χ0) is 12.0. The standard InChI is InChI=1S/C9H15ClN4O2/c1-6(15)4-3-5-11-8-12-7(10)13-9(14-8)16-2/h6,15H,3-5H2,1-2H3,(H,11,12,13,14). The van der Waals surface area contributed by atoms with Crippen molar-refractivity contribution in [2.45, 2.75) is 25.9 Å². The largest absolute Gasteiger partial charge is 0.467 e. The van der Waals surface area contributed by atoms with E-state index in [0.717, 1.165) is 12.8 Å². The summed E-state index contributed by atoms with van der Waals surface area (Å²) in [5.74, 6) is 0.377. The maximum atomic E-state index is 9.07. The van der Waals surface area contributed by atoms with Crippen molar-refractivity contribution in [3.05, 3.63) is 5.28 Å². The number of aliphatic hydroxyl groups excluding tert-OH is 1. The fourth-order valence-corrected chi connectivity index (χ4v) is 1.25. The highest BCUT2D eigenvalue weighted by molar-refractivity contribution is 6.28. The van der Waals surface area contributed by atoms with Gasteiger partial charge in [0.05, 0.1) is 13.2 Å². The van der Waals surface area contributed by atoms with Crippen molar-refractivity contribution in [2.24, 2.45) is 0 Å². The van der Waals surface area contributed by atoms with Crippen LogP contribution in [0.1, 0.15) is 19.8 Å². The van der Waals surface area contributed by atoms with Crippen molar-refractivity contribution in [3.63, 3.8) is 0 Å². The number of rotatable bonds is 6. The van der Waals surface area contributed by atoms with Crippen LogP contribution >= 0.6 is 11.6 Å². The number of methoxy groups -OCH3 is 1. The molecule has 2 N–H and O–H groups in total. The van der Waals surface area contributed by atoms with Crippen LogP contribution in [0.2, 0.25) is 5.28 Å². The monoisotopic (exact) mass is 246 g/mol. The first-order valence-corrected chi connectivity index (χ1v) is 5.37. The van der Waals surface area contributed by atoms with E-state index in [4.69, 9.17) is 21.4 Å². The maximum absolute atomic E-state index is 9.07. The van der Waals surface area contributed by atoms with Crippen molar-refractivity contribution >= 4 is 17.5 Å². The van der Waals surface area contributed by atoms with Crippen molar-refractivity contribution in [2.75, 3.05) is 19.0 Å². The molecule has 0 aromatic carbocycles. The molecular formula is C9H15ClN4O2. The van der Waals surface area contributed by atoms with Crippen molar-refractivity contribution in [1.29, 1.82) is 0 Å². The molecule has 0 radical (unpaired) electrons. The molecule has 7 heteroatoms. The van der Waals surface area contributed by atoms with Gasteiger partial charge in [-0.25, -0.2) is 0 Å². The number of nitrogens with zero attached hydrogens (tertiary/aromatic N) is 3. The summed E-state index contributed by atoms with van der Waals surface area (Å²) >= 11 is 5.67. The second-order valence-electron chi connectivity index (χ2n) is 3.33. The predicted molar refractivity (Wildman–Crippen MR) is 60.8 cm³/mol. The Kier molecular flexibility index (Phi) is 5.21. The highest BCUT2D eigenvalue weighted by atomic mass is 35.5. The van der Waals surface area contributed by atoms with E-state index in [1.54, 1.807) is 6.92 Å². The van der Waals surface area contributed by atoms with E-state index in [1.807, 2.05) is 0 Å². The van der Waals surface area contributed by atoms with Crippen molar-refractivity contribution in [3.8, 4) is 6.01 Å². The molecule has 16 heavy (non-hydrogen) atoms. The first-order valence-electron chi connectivity index (χ1n) is 4.99. The Labute approximate surface area is 99.0 Å². The number of nitrogens with one attached hydrogen (secondary N) is 1. The lowest BCUT2D eigenvalue weighted by Gasteiger charge is -2.06. The number of aromatic nitrogens is 3. The van der Waals surface area contributed by atoms with Gasteiger partial charge in [-0.3, -0.25) is 0 Å². The fraction of sp³-hybridized carbons (Fsp3) is 0.667. The molecule has 0 fully saturated rings. The molecule has 1 unspecified atom stereocenters. The average molecular weight is 247 g/mol. The molecule has 0 spiro atoms. The minimum atomic E-state index is -0.293. The van der Waals surface area contributed by atoms with Gasteiger partial charge in [0.15, 0.2) is 0 Å². The van der Waals surface area contributed by atoms with E-state index in [2.05, 4.69) is 20.3 Å². The minimum Gasteiger partial charge on any atom is -0.467 e. The number of hydrogen-bond acceptors (Lipinski definition) is 6. The van der Waals surface area contributed by atoms with Crippen LogP contribution in [0.3, 0.4) is 0 Å². The van der Waals surface area contributed by atoms with Gasteiger partial charge < -0.3 is 15.2 Å². The molecule has 1 heterocycles. The summed E-state index contributed by atoms with van der Waals surface area (Å²) in [5.41, 5.74) is 0. The fourth-order valence-electron chi connectivity index (χ4n) is 1.10. The van der Waals surface area contributed by atoms with Crippen LogP contribution in [0.25, 0.3) is 0 Å². The molecule has 90 valence electrons. The molecule has 0 aliphatic rings. The van der Waals surface area contributed by atoms with Gasteiger partial charge >= 0.3 is 6.01 Å². The van der Waals surface area contributed by atoms with E-state index in [-0.39, 0.29) is 17.4 Å². The summed E-state index contributed by atoms with van der Waals surface area (Å²) in [4.78, 5) is 11.6. The third-order valence-electron chi connectivity index (χ3n) is 1.85. The Morgan fingerprint density at radius 1 is 1.44 bits per heavy atom. The summed E-state index contributed by atoms with van der Waals surface area (Å²) in [6, 6.07) is 0.179. The molecule has 6 nitrogen and oxygen atoms in total. The van der Waals surface area contributed by atoms with Gasteiger partial charge in [0.1, 0.15) is 0 Å². The first kappa shape index (κ1) is 12.9. The normalized spacial score (nSPS) is 12.2. The highest BCUT2D eigenvalue weighted by Crippen LogP contribution is 2.10. The SMILES string of the molecule is COc1nc(Cl)nc(NCCCC(C)O)n1. The van der Waals surface area contributed by atoms with Crippen LogP contribution < -0.4 is 10.1 Å². The Balaban J connectivity index is 2.44. The van der Waals surface area contributed by atoms with Gasteiger partial charge in [-0.2, -0.15) is 15.0 Å². The molecular weight excluding hydrogens is 232 g/mol. The minimum absolute atomic E-state index is 0.0878. The van der Waals surface area contributed by atoms with E-state index in [0.29, 0.717) is 12.5 Å². The Morgan fingerprint density at radius 3 is 2.81 bits per heavy atom. The highest BCUT2D eigenvalue weighted by Gasteiger charge is 2.04. The zero-order valence-corrected chi connectivity index (χ0v) is 10.0.